The maximum atomic E-state index is 12.6. The van der Waals surface area contributed by atoms with Crippen molar-refractivity contribution in [3.05, 3.63) is 36.1 Å². The van der Waals surface area contributed by atoms with Crippen LogP contribution in [0.15, 0.2) is 34.7 Å². The molecule has 1 aliphatic heterocycles. The Morgan fingerprint density at radius 3 is 2.92 bits per heavy atom. The second-order valence-electron chi connectivity index (χ2n) is 6.28. The summed E-state index contributed by atoms with van der Waals surface area (Å²) in [5, 5.41) is 3.81. The highest BCUT2D eigenvalue weighted by molar-refractivity contribution is 7.99. The molecule has 2 atom stereocenters. The molecule has 0 saturated carbocycles. The van der Waals surface area contributed by atoms with Crippen LogP contribution in [0.1, 0.15) is 18.6 Å². The summed E-state index contributed by atoms with van der Waals surface area (Å²) in [4.78, 5) is 24.8. The van der Waals surface area contributed by atoms with Gasteiger partial charge in [0.1, 0.15) is 16.9 Å². The Morgan fingerprint density at radius 2 is 2.24 bits per heavy atom. The van der Waals surface area contributed by atoms with Gasteiger partial charge in [-0.3, -0.25) is 4.79 Å². The van der Waals surface area contributed by atoms with E-state index in [2.05, 4.69) is 5.32 Å². The molecule has 0 aliphatic carbocycles. The van der Waals surface area contributed by atoms with Crippen molar-refractivity contribution < 1.29 is 18.7 Å². The van der Waals surface area contributed by atoms with Crippen LogP contribution in [-0.2, 0) is 20.7 Å². The number of amides is 1. The number of rotatable bonds is 5. The highest BCUT2D eigenvalue weighted by atomic mass is 32.2. The lowest BCUT2D eigenvalue weighted by molar-refractivity contribution is -0.150. The number of furan rings is 1. The highest BCUT2D eigenvalue weighted by Gasteiger charge is 2.43. The van der Waals surface area contributed by atoms with E-state index >= 15 is 0 Å². The summed E-state index contributed by atoms with van der Waals surface area (Å²) >= 11 is 1.63. The number of fused-ring (bicyclic) bond motifs is 1. The van der Waals surface area contributed by atoms with Crippen molar-refractivity contribution in [2.45, 2.75) is 30.8 Å². The topological polar surface area (TPSA) is 94.6 Å². The van der Waals surface area contributed by atoms with Crippen LogP contribution in [0.3, 0.4) is 0 Å². The SMILES string of the molecule is COC(=O)C1(NC(=O)C(N)Cc2cc3ccccc3o2)CCCSC1. The minimum atomic E-state index is -0.986. The fraction of sp³-hybridized carbons (Fsp3) is 0.444. The number of para-hydroxylation sites is 1. The number of nitrogens with two attached hydrogens (primary N) is 1. The molecular weight excluding hydrogens is 340 g/mol. The van der Waals surface area contributed by atoms with Gasteiger partial charge in [-0.15, -0.1) is 0 Å². The van der Waals surface area contributed by atoms with Gasteiger partial charge in [0.15, 0.2) is 0 Å². The molecule has 2 unspecified atom stereocenters. The van der Waals surface area contributed by atoms with E-state index in [1.54, 1.807) is 11.8 Å². The van der Waals surface area contributed by atoms with Gasteiger partial charge in [0, 0.05) is 17.6 Å². The minimum Gasteiger partial charge on any atom is -0.467 e. The number of nitrogens with one attached hydrogen (secondary N) is 1. The average molecular weight is 362 g/mol. The third-order valence-corrected chi connectivity index (χ3v) is 5.69. The number of methoxy groups -OCH3 is 1. The first-order valence-corrected chi connectivity index (χ1v) is 9.41. The molecule has 3 rings (SSSR count). The van der Waals surface area contributed by atoms with Crippen molar-refractivity contribution in [1.82, 2.24) is 5.32 Å². The van der Waals surface area contributed by atoms with Crippen LogP contribution in [0.4, 0.5) is 0 Å². The molecule has 25 heavy (non-hydrogen) atoms. The van der Waals surface area contributed by atoms with Gasteiger partial charge in [-0.1, -0.05) is 18.2 Å². The Labute approximate surface area is 150 Å². The van der Waals surface area contributed by atoms with Crippen LogP contribution in [0.5, 0.6) is 0 Å². The highest BCUT2D eigenvalue weighted by Crippen LogP contribution is 2.28. The Bertz CT molecular complexity index is 734. The Hall–Kier alpha value is -1.99. The van der Waals surface area contributed by atoms with Crippen molar-refractivity contribution in [2.75, 3.05) is 18.6 Å². The van der Waals surface area contributed by atoms with Gasteiger partial charge in [0.2, 0.25) is 5.91 Å². The molecular formula is C18H22N2O4S. The fourth-order valence-corrected chi connectivity index (χ4v) is 4.25. The van der Waals surface area contributed by atoms with Crippen molar-refractivity contribution >= 4 is 34.6 Å². The summed E-state index contributed by atoms with van der Waals surface area (Å²) in [6.45, 7) is 0. The number of hydrogen-bond donors (Lipinski definition) is 2. The van der Waals surface area contributed by atoms with Gasteiger partial charge in [-0.05, 0) is 30.7 Å². The van der Waals surface area contributed by atoms with Crippen LogP contribution in [0.25, 0.3) is 11.0 Å². The van der Waals surface area contributed by atoms with E-state index < -0.39 is 17.6 Å². The summed E-state index contributed by atoms with van der Waals surface area (Å²) in [6.07, 6.45) is 1.68. The van der Waals surface area contributed by atoms with Gasteiger partial charge in [-0.2, -0.15) is 11.8 Å². The molecule has 1 aromatic heterocycles. The van der Waals surface area contributed by atoms with E-state index in [0.717, 1.165) is 23.1 Å². The second-order valence-corrected chi connectivity index (χ2v) is 7.39. The first kappa shape index (κ1) is 17.8. The molecule has 1 fully saturated rings. The molecule has 0 bridgehead atoms. The van der Waals surface area contributed by atoms with Gasteiger partial charge in [0.05, 0.1) is 13.2 Å². The summed E-state index contributed by atoms with van der Waals surface area (Å²) in [6, 6.07) is 8.72. The Balaban J connectivity index is 1.69. The largest absolute Gasteiger partial charge is 0.467 e. The van der Waals surface area contributed by atoms with Crippen molar-refractivity contribution in [1.29, 1.82) is 0 Å². The number of carbonyl (C=O) groups excluding carboxylic acids is 2. The van der Waals surface area contributed by atoms with E-state index in [9.17, 15) is 9.59 Å². The summed E-state index contributed by atoms with van der Waals surface area (Å²) in [5.41, 5.74) is 5.84. The van der Waals surface area contributed by atoms with E-state index in [0.29, 0.717) is 17.9 Å². The van der Waals surface area contributed by atoms with E-state index in [1.165, 1.54) is 7.11 Å². The number of hydrogen-bond acceptors (Lipinski definition) is 6. The molecule has 2 heterocycles. The zero-order chi connectivity index (χ0) is 17.9. The van der Waals surface area contributed by atoms with Gasteiger partial charge >= 0.3 is 5.97 Å². The lowest BCUT2D eigenvalue weighted by Gasteiger charge is -2.35. The molecule has 6 nitrogen and oxygen atoms in total. The number of ether oxygens (including phenoxy) is 1. The third kappa shape index (κ3) is 3.82. The molecule has 1 aromatic carbocycles. The Morgan fingerprint density at radius 1 is 1.44 bits per heavy atom. The number of esters is 1. The normalized spacial score (nSPS) is 21.7. The van der Waals surface area contributed by atoms with Crippen LogP contribution in [0, 0.1) is 0 Å². The smallest absolute Gasteiger partial charge is 0.332 e. The first-order chi connectivity index (χ1) is 12.0. The monoisotopic (exact) mass is 362 g/mol. The number of carbonyl (C=O) groups is 2. The molecule has 0 spiro atoms. The lowest BCUT2D eigenvalue weighted by atomic mass is 9.94. The molecule has 1 amide bonds. The molecule has 1 saturated heterocycles. The van der Waals surface area contributed by atoms with Crippen molar-refractivity contribution in [3.63, 3.8) is 0 Å². The molecule has 2 aromatic rings. The zero-order valence-electron chi connectivity index (χ0n) is 14.1. The van der Waals surface area contributed by atoms with Crippen molar-refractivity contribution in [3.8, 4) is 0 Å². The molecule has 1 aliphatic rings. The third-order valence-electron chi connectivity index (χ3n) is 4.41. The maximum absolute atomic E-state index is 12.6. The predicted octanol–water partition coefficient (Wildman–Crippen LogP) is 1.86. The quantitative estimate of drug-likeness (QED) is 0.789. The summed E-state index contributed by atoms with van der Waals surface area (Å²) in [5.74, 6) is 1.34. The predicted molar refractivity (Wildman–Crippen MR) is 97.3 cm³/mol. The van der Waals surface area contributed by atoms with Gasteiger partial charge < -0.3 is 20.2 Å². The van der Waals surface area contributed by atoms with Crippen LogP contribution in [0.2, 0.25) is 0 Å². The second kappa shape index (κ2) is 7.49. The van der Waals surface area contributed by atoms with Crippen LogP contribution in [-0.4, -0.2) is 42.1 Å². The molecule has 0 radical (unpaired) electrons. The Kier molecular flexibility index (Phi) is 5.34. The van der Waals surface area contributed by atoms with E-state index in [4.69, 9.17) is 14.9 Å². The van der Waals surface area contributed by atoms with Gasteiger partial charge in [-0.25, -0.2) is 4.79 Å². The minimum absolute atomic E-state index is 0.269. The number of thioether (sulfide) groups is 1. The maximum Gasteiger partial charge on any atom is 0.332 e. The van der Waals surface area contributed by atoms with Gasteiger partial charge in [0.25, 0.3) is 0 Å². The zero-order valence-corrected chi connectivity index (χ0v) is 14.9. The molecule has 3 N–H and O–H groups in total. The standard InChI is InChI=1S/C18H22N2O4S/c1-23-17(22)18(7-4-8-25-11-18)20-16(21)14(19)10-13-9-12-5-2-3-6-15(12)24-13/h2-3,5-6,9,14H,4,7-8,10-11,19H2,1H3,(H,20,21). The summed E-state index contributed by atoms with van der Waals surface area (Å²) in [7, 11) is 1.34. The van der Waals surface area contributed by atoms with E-state index in [-0.39, 0.29) is 12.3 Å². The fourth-order valence-electron chi connectivity index (χ4n) is 3.08. The summed E-state index contributed by atoms with van der Waals surface area (Å²) < 4.78 is 10.6. The van der Waals surface area contributed by atoms with Crippen molar-refractivity contribution in [2.24, 2.45) is 5.73 Å². The molecule has 7 heteroatoms. The van der Waals surface area contributed by atoms with Crippen LogP contribution < -0.4 is 11.1 Å². The average Bonchev–Trinajstić information content (AvgIpc) is 3.03. The van der Waals surface area contributed by atoms with E-state index in [1.807, 2.05) is 30.3 Å². The molecule has 134 valence electrons. The first-order valence-electron chi connectivity index (χ1n) is 8.25. The number of benzene rings is 1. The lowest BCUT2D eigenvalue weighted by Crippen LogP contribution is -2.61. The van der Waals surface area contributed by atoms with Crippen LogP contribution >= 0.6 is 11.8 Å².